The fourth-order valence-corrected chi connectivity index (χ4v) is 4.98. The highest BCUT2D eigenvalue weighted by atomic mass is 19.4. The van der Waals surface area contributed by atoms with Gasteiger partial charge in [0.1, 0.15) is 11.6 Å². The number of halogens is 18. The first-order valence-electron chi connectivity index (χ1n) is 20.3. The Morgan fingerprint density at radius 2 is 0.556 bits per heavy atom. The molecule has 0 amide bonds. The SMILES string of the molecule is CNc1ccc(C(F)(F)C(F)(F)F)cc1.CNc1ccc(C(F)(F)F)cc1.CNc1ccc(F)cc1.CNc1cccc(C(F)(F)C(F)(F)F)c1.CNc1cccc(C(F)(F)F)c1.CNc1cccc(F)c1. The third kappa shape index (κ3) is 21.1. The molecule has 0 saturated heterocycles. The number of nitrogens with one attached hydrogen (secondary N) is 6. The minimum Gasteiger partial charge on any atom is -0.388 e. The Hall–Kier alpha value is -7.14. The molecule has 396 valence electrons. The lowest BCUT2D eigenvalue weighted by atomic mass is 10.1. The van der Waals surface area contributed by atoms with Crippen molar-refractivity contribution in [1.29, 1.82) is 0 Å². The maximum Gasteiger partial charge on any atom is 0.458 e. The third-order valence-corrected chi connectivity index (χ3v) is 8.99. The number of hydrogen-bond acceptors (Lipinski definition) is 6. The van der Waals surface area contributed by atoms with E-state index in [9.17, 15) is 79.0 Å². The average molecular weight is 1050 g/mol. The molecule has 6 N–H and O–H groups in total. The molecule has 0 aliphatic heterocycles. The van der Waals surface area contributed by atoms with Gasteiger partial charge in [-0.3, -0.25) is 0 Å². The van der Waals surface area contributed by atoms with Crippen molar-refractivity contribution in [2.75, 3.05) is 74.2 Å². The van der Waals surface area contributed by atoms with Gasteiger partial charge in [0, 0.05) is 87.5 Å². The molecule has 6 rings (SSSR count). The summed E-state index contributed by atoms with van der Waals surface area (Å²) >= 11 is 0. The molecular weight excluding hydrogens is 1000 g/mol. The van der Waals surface area contributed by atoms with Crippen LogP contribution in [0.5, 0.6) is 0 Å². The zero-order valence-electron chi connectivity index (χ0n) is 38.7. The topological polar surface area (TPSA) is 72.2 Å². The van der Waals surface area contributed by atoms with Crippen molar-refractivity contribution in [3.63, 3.8) is 0 Å². The van der Waals surface area contributed by atoms with Crippen molar-refractivity contribution in [3.8, 4) is 0 Å². The summed E-state index contributed by atoms with van der Waals surface area (Å²) in [7, 11) is 9.77. The smallest absolute Gasteiger partial charge is 0.388 e. The van der Waals surface area contributed by atoms with E-state index < -0.39 is 58.8 Å². The van der Waals surface area contributed by atoms with Crippen LogP contribution in [-0.4, -0.2) is 54.6 Å². The third-order valence-electron chi connectivity index (χ3n) is 8.99. The highest BCUT2D eigenvalue weighted by molar-refractivity contribution is 5.48. The number of anilines is 6. The summed E-state index contributed by atoms with van der Waals surface area (Å²) in [5.41, 5.74) is 0.152. The van der Waals surface area contributed by atoms with Crippen molar-refractivity contribution >= 4 is 34.1 Å². The van der Waals surface area contributed by atoms with Crippen LogP contribution in [0.2, 0.25) is 0 Å². The first-order valence-corrected chi connectivity index (χ1v) is 20.3. The fourth-order valence-electron chi connectivity index (χ4n) is 4.98. The predicted molar refractivity (Wildman–Crippen MR) is 246 cm³/mol. The molecule has 0 aromatic heterocycles. The van der Waals surface area contributed by atoms with Gasteiger partial charge in [0.25, 0.3) is 0 Å². The summed E-state index contributed by atoms with van der Waals surface area (Å²) in [6, 6.07) is 30.4. The molecule has 0 saturated carbocycles. The lowest BCUT2D eigenvalue weighted by Gasteiger charge is -2.20. The van der Waals surface area contributed by atoms with Crippen molar-refractivity contribution in [1.82, 2.24) is 0 Å². The van der Waals surface area contributed by atoms with E-state index in [1.54, 1.807) is 52.5 Å². The zero-order chi connectivity index (χ0) is 55.1. The lowest BCUT2D eigenvalue weighted by Crippen LogP contribution is -2.33. The fraction of sp³-hybridized carbons (Fsp3) is 0.250. The quantitative estimate of drug-likeness (QED) is 0.0854. The molecule has 0 spiro atoms. The minimum atomic E-state index is -5.57. The van der Waals surface area contributed by atoms with Crippen molar-refractivity contribution < 1.29 is 79.0 Å². The molecule has 6 aromatic rings. The van der Waals surface area contributed by atoms with Crippen LogP contribution < -0.4 is 31.9 Å². The van der Waals surface area contributed by atoms with E-state index in [1.165, 1.54) is 62.6 Å². The van der Waals surface area contributed by atoms with Gasteiger partial charge in [-0.25, -0.2) is 8.78 Å². The van der Waals surface area contributed by atoms with Crippen LogP contribution in [0.1, 0.15) is 22.3 Å². The Morgan fingerprint density at radius 3 is 0.875 bits per heavy atom. The molecule has 72 heavy (non-hydrogen) atoms. The van der Waals surface area contributed by atoms with Crippen LogP contribution in [0.15, 0.2) is 146 Å². The highest BCUT2D eigenvalue weighted by Gasteiger charge is 2.59. The van der Waals surface area contributed by atoms with Crippen LogP contribution in [0.3, 0.4) is 0 Å². The standard InChI is InChI=1S/2C9H8F5N.2C8H8F3N.2C7H8FN/c1-15-7-4-2-6(3-5-7)8(10,11)9(12,13)14;1-15-7-4-2-3-6(5-7)8(10,11)9(12,13)14;1-12-7-4-2-6(3-5-7)8(9,10)11;1-12-7-4-2-3-6(5-7)8(9,10)11;1-9-7-4-2-6(8)3-5-7;1-9-7-4-2-3-6(8)5-7/h2*2-5,15H,1H3;2*2-5,12H,1H3;2*2-5,9H,1H3. The van der Waals surface area contributed by atoms with E-state index >= 15 is 0 Å². The Balaban J connectivity index is 0.000000436. The summed E-state index contributed by atoms with van der Waals surface area (Å²) in [6.07, 6.45) is -19.6. The van der Waals surface area contributed by atoms with E-state index in [4.69, 9.17) is 0 Å². The second-order valence-electron chi connectivity index (χ2n) is 14.0. The molecule has 0 bridgehead atoms. The van der Waals surface area contributed by atoms with Gasteiger partial charge in [0.2, 0.25) is 0 Å². The molecule has 0 radical (unpaired) electrons. The summed E-state index contributed by atoms with van der Waals surface area (Å²) in [5, 5.41) is 16.2. The van der Waals surface area contributed by atoms with E-state index in [1.807, 2.05) is 6.07 Å². The van der Waals surface area contributed by atoms with Gasteiger partial charge in [-0.15, -0.1) is 0 Å². The summed E-state index contributed by atoms with van der Waals surface area (Å²) in [5.74, 6) is -10.0. The highest BCUT2D eigenvalue weighted by Crippen LogP contribution is 2.45. The van der Waals surface area contributed by atoms with Gasteiger partial charge in [0.15, 0.2) is 0 Å². The van der Waals surface area contributed by atoms with Crippen molar-refractivity contribution in [3.05, 3.63) is 179 Å². The van der Waals surface area contributed by atoms with Gasteiger partial charge in [-0.2, -0.15) is 70.2 Å². The number of rotatable bonds is 8. The molecule has 0 heterocycles. The van der Waals surface area contributed by atoms with Crippen LogP contribution in [0, 0.1) is 11.6 Å². The van der Waals surface area contributed by atoms with Crippen LogP contribution in [0.25, 0.3) is 0 Å². The summed E-state index contributed by atoms with van der Waals surface area (Å²) in [4.78, 5) is 0. The zero-order valence-corrected chi connectivity index (χ0v) is 38.7. The first kappa shape index (κ1) is 62.9. The van der Waals surface area contributed by atoms with Gasteiger partial charge in [0.05, 0.1) is 11.1 Å². The second kappa shape index (κ2) is 28.0. The Labute approximate surface area is 402 Å². The summed E-state index contributed by atoms with van der Waals surface area (Å²) in [6.45, 7) is 0. The van der Waals surface area contributed by atoms with Crippen LogP contribution >= 0.6 is 0 Å². The second-order valence-corrected chi connectivity index (χ2v) is 14.0. The first-order chi connectivity index (χ1) is 33.3. The van der Waals surface area contributed by atoms with Crippen LogP contribution in [-0.2, 0) is 24.2 Å². The maximum absolute atomic E-state index is 12.8. The largest absolute Gasteiger partial charge is 0.458 e. The molecule has 0 unspecified atom stereocenters. The molecule has 0 atom stereocenters. The van der Waals surface area contributed by atoms with Crippen molar-refractivity contribution in [2.24, 2.45) is 0 Å². The van der Waals surface area contributed by atoms with Gasteiger partial charge < -0.3 is 31.9 Å². The molecule has 0 aliphatic rings. The van der Waals surface area contributed by atoms with Gasteiger partial charge in [-0.05, 0) is 109 Å². The number of hydrogen-bond donors (Lipinski definition) is 6. The van der Waals surface area contributed by atoms with E-state index in [-0.39, 0.29) is 17.3 Å². The van der Waals surface area contributed by atoms with Crippen LogP contribution in [0.4, 0.5) is 113 Å². The Bertz CT molecular complexity index is 2450. The Morgan fingerprint density at radius 1 is 0.264 bits per heavy atom. The van der Waals surface area contributed by atoms with E-state index in [0.717, 1.165) is 78.1 Å². The average Bonchev–Trinajstić information content (AvgIpc) is 3.34. The monoisotopic (exact) mass is 1050 g/mol. The number of benzene rings is 6. The van der Waals surface area contributed by atoms with E-state index in [2.05, 4.69) is 31.9 Å². The van der Waals surface area contributed by atoms with Crippen molar-refractivity contribution in [2.45, 2.75) is 36.6 Å². The molecule has 0 aliphatic carbocycles. The molecule has 0 fully saturated rings. The maximum atomic E-state index is 12.8. The predicted octanol–water partition coefficient (Wildman–Crippen LogP) is 16.0. The normalized spacial score (nSPS) is 11.3. The molecular formula is C48H48F18N6. The summed E-state index contributed by atoms with van der Waals surface area (Å²) < 4.78 is 220. The molecule has 6 aromatic carbocycles. The molecule has 6 nitrogen and oxygen atoms in total. The minimum absolute atomic E-state index is 0.200. The molecule has 24 heteroatoms. The lowest BCUT2D eigenvalue weighted by molar-refractivity contribution is -0.289. The number of alkyl halides is 16. The van der Waals surface area contributed by atoms with Gasteiger partial charge >= 0.3 is 36.6 Å². The van der Waals surface area contributed by atoms with E-state index in [0.29, 0.717) is 17.1 Å². The Kier molecular flexibility index (Phi) is 24.5. The van der Waals surface area contributed by atoms with Gasteiger partial charge in [-0.1, -0.05) is 36.4 Å².